The van der Waals surface area contributed by atoms with Gasteiger partial charge in [0.1, 0.15) is 11.5 Å². The molecule has 84 valence electrons. The lowest BCUT2D eigenvalue weighted by Crippen LogP contribution is -1.99. The molecule has 0 N–H and O–H groups in total. The summed E-state index contributed by atoms with van der Waals surface area (Å²) in [6, 6.07) is 12.4. The van der Waals surface area contributed by atoms with Crippen LogP contribution >= 0.6 is 15.9 Å². The van der Waals surface area contributed by atoms with Crippen molar-refractivity contribution in [3.63, 3.8) is 0 Å². The topological polar surface area (TPSA) is 17.8 Å². The van der Waals surface area contributed by atoms with Gasteiger partial charge in [-0.2, -0.15) is 5.10 Å². The van der Waals surface area contributed by atoms with Crippen molar-refractivity contribution in [3.05, 3.63) is 59.0 Å². The Morgan fingerprint density at radius 3 is 2.71 bits per heavy atom. The molecule has 17 heavy (non-hydrogen) atoms. The quantitative estimate of drug-likeness (QED) is 0.664. The van der Waals surface area contributed by atoms with Crippen LogP contribution in [0.3, 0.4) is 0 Å². The number of hydrogen-bond donors (Lipinski definition) is 0. The molecule has 4 heteroatoms. The van der Waals surface area contributed by atoms with Gasteiger partial charge in [-0.1, -0.05) is 24.3 Å². The maximum absolute atomic E-state index is 13.7. The fourth-order valence-electron chi connectivity index (χ4n) is 1.84. The molecular formula is C13H8BrFN2. The molecule has 0 saturated carbocycles. The Bertz CT molecular complexity index is 691. The van der Waals surface area contributed by atoms with Gasteiger partial charge in [-0.15, -0.1) is 0 Å². The third-order valence-electron chi connectivity index (χ3n) is 2.62. The average molecular weight is 291 g/mol. The fourth-order valence-corrected chi connectivity index (χ4v) is 2.39. The summed E-state index contributed by atoms with van der Waals surface area (Å²) < 4.78 is 16.2. The predicted octanol–water partition coefficient (Wildman–Crippen LogP) is 3.93. The van der Waals surface area contributed by atoms with Crippen molar-refractivity contribution in [1.82, 2.24) is 9.78 Å². The van der Waals surface area contributed by atoms with Crippen molar-refractivity contribution in [2.75, 3.05) is 0 Å². The summed E-state index contributed by atoms with van der Waals surface area (Å²) in [5, 5.41) is 5.21. The van der Waals surface area contributed by atoms with Crippen LogP contribution in [0.4, 0.5) is 4.39 Å². The van der Waals surface area contributed by atoms with E-state index in [0.29, 0.717) is 5.69 Å². The third-order valence-corrected chi connectivity index (χ3v) is 3.26. The van der Waals surface area contributed by atoms with E-state index >= 15 is 0 Å². The van der Waals surface area contributed by atoms with Crippen LogP contribution in [0.5, 0.6) is 0 Å². The Hall–Kier alpha value is -1.68. The molecule has 0 unspecified atom stereocenters. The van der Waals surface area contributed by atoms with E-state index in [9.17, 15) is 4.39 Å². The first kappa shape index (κ1) is 10.5. The molecule has 0 aliphatic carbocycles. The van der Waals surface area contributed by atoms with Crippen LogP contribution < -0.4 is 0 Å². The van der Waals surface area contributed by atoms with Gasteiger partial charge in [0.2, 0.25) is 0 Å². The fraction of sp³-hybridized carbons (Fsp3) is 0. The van der Waals surface area contributed by atoms with Crippen molar-refractivity contribution < 1.29 is 4.39 Å². The second kappa shape index (κ2) is 3.96. The summed E-state index contributed by atoms with van der Waals surface area (Å²) in [4.78, 5) is 0. The number of aromatic nitrogens is 2. The Balaban J connectivity index is 2.36. The van der Waals surface area contributed by atoms with Crippen molar-refractivity contribution in [1.29, 1.82) is 0 Å². The summed E-state index contributed by atoms with van der Waals surface area (Å²) in [5.74, 6) is -0.284. The van der Waals surface area contributed by atoms with Crippen LogP contribution in [0.25, 0.3) is 16.6 Å². The maximum Gasteiger partial charge on any atom is 0.148 e. The van der Waals surface area contributed by atoms with Crippen molar-refractivity contribution in [2.24, 2.45) is 0 Å². The van der Waals surface area contributed by atoms with Gasteiger partial charge in [-0.05, 0) is 34.1 Å². The Labute approximate surface area is 106 Å². The smallest absolute Gasteiger partial charge is 0.148 e. The largest absolute Gasteiger partial charge is 0.229 e. The van der Waals surface area contributed by atoms with E-state index in [1.807, 2.05) is 18.2 Å². The molecule has 3 rings (SSSR count). The molecule has 2 aromatic carbocycles. The summed E-state index contributed by atoms with van der Waals surface area (Å²) >= 11 is 3.47. The molecule has 1 aromatic heterocycles. The number of nitrogens with zero attached hydrogens (tertiary/aromatic N) is 2. The zero-order chi connectivity index (χ0) is 11.8. The van der Waals surface area contributed by atoms with E-state index in [2.05, 4.69) is 21.0 Å². The van der Waals surface area contributed by atoms with E-state index in [-0.39, 0.29) is 5.82 Å². The summed E-state index contributed by atoms with van der Waals surface area (Å²) in [7, 11) is 0. The van der Waals surface area contributed by atoms with E-state index in [1.54, 1.807) is 29.1 Å². The lowest BCUT2D eigenvalue weighted by molar-refractivity contribution is 0.613. The third kappa shape index (κ3) is 1.65. The number of rotatable bonds is 1. The van der Waals surface area contributed by atoms with Crippen LogP contribution in [-0.4, -0.2) is 9.78 Å². The van der Waals surface area contributed by atoms with Gasteiger partial charge in [0.25, 0.3) is 0 Å². The SMILES string of the molecule is Fc1ccccc1-n1ncc2cccc(Br)c21. The maximum atomic E-state index is 13.7. The van der Waals surface area contributed by atoms with Crippen LogP contribution in [-0.2, 0) is 0 Å². The Kier molecular flexibility index (Phi) is 2.44. The molecule has 3 aromatic rings. The summed E-state index contributed by atoms with van der Waals surface area (Å²) in [6.07, 6.45) is 1.73. The molecule has 1 heterocycles. The number of fused-ring (bicyclic) bond motifs is 1. The van der Waals surface area contributed by atoms with Crippen molar-refractivity contribution >= 4 is 26.8 Å². The van der Waals surface area contributed by atoms with Gasteiger partial charge in [0.05, 0.1) is 11.7 Å². The molecule has 0 bridgehead atoms. The number of hydrogen-bond acceptors (Lipinski definition) is 1. The molecule has 0 fully saturated rings. The molecular weight excluding hydrogens is 283 g/mol. The molecule has 0 aliphatic heterocycles. The highest BCUT2D eigenvalue weighted by molar-refractivity contribution is 9.10. The summed E-state index contributed by atoms with van der Waals surface area (Å²) in [6.45, 7) is 0. The van der Waals surface area contributed by atoms with E-state index in [1.165, 1.54) is 6.07 Å². The van der Waals surface area contributed by atoms with Crippen LogP contribution in [0.2, 0.25) is 0 Å². The second-order valence-electron chi connectivity index (χ2n) is 3.69. The normalized spacial score (nSPS) is 10.9. The predicted molar refractivity (Wildman–Crippen MR) is 68.7 cm³/mol. The van der Waals surface area contributed by atoms with Gasteiger partial charge >= 0.3 is 0 Å². The van der Waals surface area contributed by atoms with Crippen molar-refractivity contribution in [3.8, 4) is 5.69 Å². The number of para-hydroxylation sites is 2. The first-order valence-corrected chi connectivity index (χ1v) is 5.94. The second-order valence-corrected chi connectivity index (χ2v) is 4.54. The van der Waals surface area contributed by atoms with Gasteiger partial charge in [0, 0.05) is 9.86 Å². The minimum atomic E-state index is -0.284. The van der Waals surface area contributed by atoms with Gasteiger partial charge < -0.3 is 0 Å². The van der Waals surface area contributed by atoms with E-state index < -0.39 is 0 Å². The van der Waals surface area contributed by atoms with E-state index in [4.69, 9.17) is 0 Å². The van der Waals surface area contributed by atoms with E-state index in [0.717, 1.165) is 15.4 Å². The highest BCUT2D eigenvalue weighted by Gasteiger charge is 2.10. The Morgan fingerprint density at radius 2 is 1.88 bits per heavy atom. The minimum Gasteiger partial charge on any atom is -0.229 e. The molecule has 0 aliphatic rings. The Morgan fingerprint density at radius 1 is 1.06 bits per heavy atom. The van der Waals surface area contributed by atoms with Crippen LogP contribution in [0.15, 0.2) is 53.1 Å². The van der Waals surface area contributed by atoms with Gasteiger partial charge in [0.15, 0.2) is 0 Å². The lowest BCUT2D eigenvalue weighted by atomic mass is 10.2. The highest BCUT2D eigenvalue weighted by atomic mass is 79.9. The molecule has 0 radical (unpaired) electrons. The summed E-state index contributed by atoms with van der Waals surface area (Å²) in [5.41, 5.74) is 1.33. The average Bonchev–Trinajstić information content (AvgIpc) is 2.75. The van der Waals surface area contributed by atoms with Crippen molar-refractivity contribution in [2.45, 2.75) is 0 Å². The molecule has 0 atom stereocenters. The van der Waals surface area contributed by atoms with Crippen LogP contribution in [0.1, 0.15) is 0 Å². The lowest BCUT2D eigenvalue weighted by Gasteiger charge is -2.05. The molecule has 2 nitrogen and oxygen atoms in total. The minimum absolute atomic E-state index is 0.284. The van der Waals surface area contributed by atoms with Crippen LogP contribution in [0, 0.1) is 5.82 Å². The first-order valence-electron chi connectivity index (χ1n) is 5.14. The number of halogens is 2. The molecule has 0 amide bonds. The first-order chi connectivity index (χ1) is 8.27. The van der Waals surface area contributed by atoms with Gasteiger partial charge in [-0.25, -0.2) is 9.07 Å². The zero-order valence-electron chi connectivity index (χ0n) is 8.77. The molecule has 0 spiro atoms. The highest BCUT2D eigenvalue weighted by Crippen LogP contribution is 2.26. The zero-order valence-corrected chi connectivity index (χ0v) is 10.4. The standard InChI is InChI=1S/C13H8BrFN2/c14-10-5-3-4-9-8-16-17(13(9)10)12-7-2-1-6-11(12)15/h1-8H. The molecule has 0 saturated heterocycles. The monoisotopic (exact) mass is 290 g/mol. The number of benzene rings is 2. The van der Waals surface area contributed by atoms with Gasteiger partial charge in [-0.3, -0.25) is 0 Å².